The summed E-state index contributed by atoms with van der Waals surface area (Å²) in [6.45, 7) is 6.44. The molecule has 1 spiro atoms. The topological polar surface area (TPSA) is 49.9 Å². The standard InChI is InChI=1S/C21H26N2O3/c1-3-19(24)22(2)18-8-6-17(7-9-18)20(25)23-13-5-4-10-21(16-23)11-14-26-15-12-21/h3-9H,1,10-16H2,2H3. The number of carbonyl (C=O) groups excluding carboxylic acids is 2. The van der Waals surface area contributed by atoms with E-state index in [0.29, 0.717) is 12.1 Å². The third-order valence-electron chi connectivity index (χ3n) is 5.42. The fourth-order valence-corrected chi connectivity index (χ4v) is 3.66. The molecular weight excluding hydrogens is 328 g/mol. The third-order valence-corrected chi connectivity index (χ3v) is 5.42. The van der Waals surface area contributed by atoms with Gasteiger partial charge in [0, 0.05) is 44.6 Å². The van der Waals surface area contributed by atoms with Crippen LogP contribution in [0.25, 0.3) is 0 Å². The van der Waals surface area contributed by atoms with Gasteiger partial charge in [-0.3, -0.25) is 9.59 Å². The highest BCUT2D eigenvalue weighted by Gasteiger charge is 2.36. The highest BCUT2D eigenvalue weighted by atomic mass is 16.5. The highest BCUT2D eigenvalue weighted by molar-refractivity contribution is 6.01. The van der Waals surface area contributed by atoms with E-state index in [0.717, 1.165) is 44.7 Å². The summed E-state index contributed by atoms with van der Waals surface area (Å²) in [7, 11) is 1.69. The molecule has 0 saturated carbocycles. The average molecular weight is 354 g/mol. The Labute approximate surface area is 154 Å². The van der Waals surface area contributed by atoms with Gasteiger partial charge in [0.15, 0.2) is 0 Å². The van der Waals surface area contributed by atoms with Crippen LogP contribution in [0.2, 0.25) is 0 Å². The molecule has 0 radical (unpaired) electrons. The van der Waals surface area contributed by atoms with Crippen LogP contribution in [0.5, 0.6) is 0 Å². The van der Waals surface area contributed by atoms with E-state index < -0.39 is 0 Å². The van der Waals surface area contributed by atoms with Crippen molar-refractivity contribution in [3.8, 4) is 0 Å². The summed E-state index contributed by atoms with van der Waals surface area (Å²) in [5.41, 5.74) is 1.52. The molecule has 138 valence electrons. The molecule has 0 bridgehead atoms. The van der Waals surface area contributed by atoms with Crippen LogP contribution in [0.15, 0.2) is 49.1 Å². The van der Waals surface area contributed by atoms with E-state index in [1.807, 2.05) is 4.90 Å². The van der Waals surface area contributed by atoms with Crippen LogP contribution in [0, 0.1) is 5.41 Å². The molecule has 1 fully saturated rings. The first kappa shape index (κ1) is 18.4. The van der Waals surface area contributed by atoms with Crippen molar-refractivity contribution < 1.29 is 14.3 Å². The molecule has 0 unspecified atom stereocenters. The molecule has 0 aliphatic carbocycles. The maximum absolute atomic E-state index is 13.0. The van der Waals surface area contributed by atoms with E-state index in [-0.39, 0.29) is 17.2 Å². The quantitative estimate of drug-likeness (QED) is 0.619. The van der Waals surface area contributed by atoms with Crippen LogP contribution in [0.3, 0.4) is 0 Å². The number of allylic oxidation sites excluding steroid dienone is 1. The molecule has 1 aromatic carbocycles. The lowest BCUT2D eigenvalue weighted by molar-refractivity contribution is -0.113. The van der Waals surface area contributed by atoms with Crippen LogP contribution in [-0.4, -0.2) is 50.1 Å². The predicted octanol–water partition coefficient (Wildman–Crippen LogP) is 3.03. The van der Waals surface area contributed by atoms with Gasteiger partial charge in [0.1, 0.15) is 0 Å². The smallest absolute Gasteiger partial charge is 0.254 e. The number of amides is 2. The second-order valence-corrected chi connectivity index (χ2v) is 7.12. The van der Waals surface area contributed by atoms with E-state index in [9.17, 15) is 9.59 Å². The lowest BCUT2D eigenvalue weighted by Crippen LogP contribution is -2.43. The molecule has 0 atom stereocenters. The lowest BCUT2D eigenvalue weighted by Gasteiger charge is -2.39. The van der Waals surface area contributed by atoms with E-state index in [4.69, 9.17) is 4.74 Å². The minimum absolute atomic E-state index is 0.0340. The molecule has 2 aliphatic rings. The molecule has 1 aromatic rings. The van der Waals surface area contributed by atoms with Gasteiger partial charge in [-0.2, -0.15) is 0 Å². The van der Waals surface area contributed by atoms with Gasteiger partial charge in [-0.1, -0.05) is 18.7 Å². The van der Waals surface area contributed by atoms with E-state index in [1.54, 1.807) is 31.3 Å². The molecule has 3 rings (SSSR count). The lowest BCUT2D eigenvalue weighted by atomic mass is 9.77. The molecule has 26 heavy (non-hydrogen) atoms. The number of likely N-dealkylation sites (N-methyl/N-ethyl adjacent to an activating group) is 1. The van der Waals surface area contributed by atoms with Gasteiger partial charge in [0.05, 0.1) is 0 Å². The van der Waals surface area contributed by atoms with Gasteiger partial charge in [-0.05, 0) is 55.0 Å². The van der Waals surface area contributed by atoms with Crippen LogP contribution in [-0.2, 0) is 9.53 Å². The minimum atomic E-state index is -0.178. The van der Waals surface area contributed by atoms with Crippen molar-refractivity contribution in [1.29, 1.82) is 0 Å². The number of rotatable bonds is 3. The van der Waals surface area contributed by atoms with Crippen LogP contribution in [0.4, 0.5) is 5.69 Å². The summed E-state index contributed by atoms with van der Waals surface area (Å²) < 4.78 is 5.52. The number of ether oxygens (including phenoxy) is 1. The molecule has 0 N–H and O–H groups in total. The first-order valence-corrected chi connectivity index (χ1v) is 9.07. The normalized spacial score (nSPS) is 19.0. The number of nitrogens with zero attached hydrogens (tertiary/aromatic N) is 2. The Hall–Kier alpha value is -2.40. The van der Waals surface area contributed by atoms with E-state index >= 15 is 0 Å². The fraction of sp³-hybridized carbons (Fsp3) is 0.429. The minimum Gasteiger partial charge on any atom is -0.381 e. The molecule has 1 saturated heterocycles. The van der Waals surface area contributed by atoms with Crippen molar-refractivity contribution in [2.45, 2.75) is 19.3 Å². The maximum atomic E-state index is 13.0. The highest BCUT2D eigenvalue weighted by Crippen LogP contribution is 2.37. The molecular formula is C21H26N2O3. The molecule has 5 heteroatoms. The Kier molecular flexibility index (Phi) is 5.57. The van der Waals surface area contributed by atoms with E-state index in [1.165, 1.54) is 11.0 Å². The Bertz CT molecular complexity index is 702. The number of carbonyl (C=O) groups is 2. The number of anilines is 1. The Morgan fingerprint density at radius 2 is 1.88 bits per heavy atom. The SMILES string of the molecule is C=CC(=O)N(C)c1ccc(C(=O)N2CC=CCC3(CCOCC3)C2)cc1. The summed E-state index contributed by atoms with van der Waals surface area (Å²) in [4.78, 5) is 28.2. The predicted molar refractivity (Wildman–Crippen MR) is 102 cm³/mol. The zero-order valence-corrected chi connectivity index (χ0v) is 15.3. The second kappa shape index (κ2) is 7.87. The van der Waals surface area contributed by atoms with Crippen LogP contribution >= 0.6 is 0 Å². The van der Waals surface area contributed by atoms with Gasteiger partial charge < -0.3 is 14.5 Å². The fourth-order valence-electron chi connectivity index (χ4n) is 3.66. The average Bonchev–Trinajstić information content (AvgIpc) is 2.89. The zero-order valence-electron chi connectivity index (χ0n) is 15.3. The summed E-state index contributed by atoms with van der Waals surface area (Å²) in [6.07, 6.45) is 8.57. The van der Waals surface area contributed by atoms with Crippen LogP contribution < -0.4 is 4.90 Å². The molecule has 2 aliphatic heterocycles. The van der Waals surface area contributed by atoms with Crippen molar-refractivity contribution in [2.24, 2.45) is 5.41 Å². The number of benzene rings is 1. The van der Waals surface area contributed by atoms with Crippen molar-refractivity contribution >= 4 is 17.5 Å². The monoisotopic (exact) mass is 354 g/mol. The molecule has 2 heterocycles. The van der Waals surface area contributed by atoms with Gasteiger partial charge in [0.25, 0.3) is 5.91 Å². The second-order valence-electron chi connectivity index (χ2n) is 7.12. The van der Waals surface area contributed by atoms with Crippen molar-refractivity contribution in [3.05, 3.63) is 54.6 Å². The Morgan fingerprint density at radius 1 is 1.19 bits per heavy atom. The van der Waals surface area contributed by atoms with Crippen LogP contribution in [0.1, 0.15) is 29.6 Å². The summed E-state index contributed by atoms with van der Waals surface area (Å²) in [5.74, 6) is -0.144. The number of hydrogen-bond donors (Lipinski definition) is 0. The number of hydrogen-bond acceptors (Lipinski definition) is 3. The van der Waals surface area contributed by atoms with E-state index in [2.05, 4.69) is 18.7 Å². The summed E-state index contributed by atoms with van der Waals surface area (Å²) in [6, 6.07) is 7.17. The Balaban J connectivity index is 1.74. The van der Waals surface area contributed by atoms with Gasteiger partial charge >= 0.3 is 0 Å². The summed E-state index contributed by atoms with van der Waals surface area (Å²) >= 11 is 0. The molecule has 2 amide bonds. The van der Waals surface area contributed by atoms with Gasteiger partial charge in [-0.15, -0.1) is 0 Å². The third kappa shape index (κ3) is 3.88. The summed E-state index contributed by atoms with van der Waals surface area (Å²) in [5, 5.41) is 0. The first-order valence-electron chi connectivity index (χ1n) is 9.07. The molecule has 0 aromatic heterocycles. The molecule has 5 nitrogen and oxygen atoms in total. The largest absolute Gasteiger partial charge is 0.381 e. The first-order chi connectivity index (χ1) is 12.5. The maximum Gasteiger partial charge on any atom is 0.254 e. The van der Waals surface area contributed by atoms with Crippen molar-refractivity contribution in [2.75, 3.05) is 38.3 Å². The zero-order chi connectivity index (χ0) is 18.6. The Morgan fingerprint density at radius 3 is 2.54 bits per heavy atom. The van der Waals surface area contributed by atoms with Crippen molar-refractivity contribution in [1.82, 2.24) is 4.90 Å². The van der Waals surface area contributed by atoms with Gasteiger partial charge in [-0.25, -0.2) is 0 Å². The van der Waals surface area contributed by atoms with Crippen molar-refractivity contribution in [3.63, 3.8) is 0 Å². The van der Waals surface area contributed by atoms with Gasteiger partial charge in [0.2, 0.25) is 5.91 Å².